The van der Waals surface area contributed by atoms with Gasteiger partial charge < -0.3 is 20.7 Å². The number of benzene rings is 3. The van der Waals surface area contributed by atoms with E-state index in [2.05, 4.69) is 21.9 Å². The molecule has 1 saturated heterocycles. The number of anilines is 2. The van der Waals surface area contributed by atoms with Gasteiger partial charge in [-0.1, -0.05) is 30.3 Å². The molecule has 3 heterocycles. The van der Waals surface area contributed by atoms with Crippen LogP contribution in [-0.4, -0.2) is 52.2 Å². The fourth-order valence-electron chi connectivity index (χ4n) is 5.52. The standard InChI is InChI=1S/C33H29ClF2N6O2/c1-19(44-2)33(37)12-14-42(15-13-33)31(43)20-6-9-23(10-7-20)40-32-39-18-21-17-38-30(28-26(35)4-3-5-27(28)36)25-16-22(34)8-11-24(25)29(21)41-32/h3-11,16,18H,1,12-15,17,37H2,2H3,(H,39,40,41). The number of nitrogens with one attached hydrogen (secondary N) is 1. The lowest BCUT2D eigenvalue weighted by Gasteiger charge is -2.39. The molecule has 11 heteroatoms. The number of nitrogens with zero attached hydrogens (tertiary/aromatic N) is 4. The molecule has 4 aromatic rings. The average Bonchev–Trinajstić information content (AvgIpc) is 3.17. The van der Waals surface area contributed by atoms with Crippen molar-refractivity contribution >= 4 is 34.9 Å². The van der Waals surface area contributed by atoms with Crippen LogP contribution in [0.25, 0.3) is 11.3 Å². The van der Waals surface area contributed by atoms with Crippen molar-refractivity contribution in [3.05, 3.63) is 118 Å². The van der Waals surface area contributed by atoms with Crippen LogP contribution in [0.2, 0.25) is 5.02 Å². The molecule has 0 bridgehead atoms. The summed E-state index contributed by atoms with van der Waals surface area (Å²) in [5.74, 6) is -0.695. The molecular formula is C33H29ClF2N6O2. The molecule has 3 N–H and O–H groups in total. The van der Waals surface area contributed by atoms with Crippen LogP contribution in [0.1, 0.15) is 39.9 Å². The van der Waals surface area contributed by atoms with Gasteiger partial charge in [0.1, 0.15) is 17.4 Å². The van der Waals surface area contributed by atoms with E-state index in [0.717, 1.165) is 0 Å². The topological polar surface area (TPSA) is 106 Å². The molecule has 2 aliphatic rings. The lowest BCUT2D eigenvalue weighted by atomic mass is 9.87. The Morgan fingerprint density at radius 2 is 1.77 bits per heavy atom. The highest BCUT2D eigenvalue weighted by atomic mass is 35.5. The van der Waals surface area contributed by atoms with Crippen molar-refractivity contribution in [2.75, 3.05) is 25.5 Å². The number of rotatable bonds is 6. The SMILES string of the molecule is C=C(OC)C1(N)CCN(C(=O)c2ccc(Nc3ncc4c(n3)-c3ccc(Cl)cc3C(c3c(F)cccc3F)=NC4)cc2)CC1. The molecule has 0 radical (unpaired) electrons. The zero-order chi connectivity index (χ0) is 31.0. The lowest BCUT2D eigenvalue weighted by molar-refractivity contribution is 0.0653. The molecule has 224 valence electrons. The van der Waals surface area contributed by atoms with Crippen LogP contribution in [0, 0.1) is 11.6 Å². The number of amides is 1. The number of ether oxygens (including phenoxy) is 1. The third kappa shape index (κ3) is 5.54. The number of hydrogen-bond acceptors (Lipinski definition) is 7. The number of carbonyl (C=O) groups is 1. The van der Waals surface area contributed by atoms with Crippen LogP contribution in [0.3, 0.4) is 0 Å². The number of piperidine rings is 1. The number of fused-ring (bicyclic) bond motifs is 3. The van der Waals surface area contributed by atoms with E-state index in [0.29, 0.717) is 76.3 Å². The number of carbonyl (C=O) groups excluding carboxylic acids is 1. The van der Waals surface area contributed by atoms with E-state index in [4.69, 9.17) is 27.1 Å². The Kier molecular flexibility index (Phi) is 7.87. The van der Waals surface area contributed by atoms with E-state index in [1.54, 1.807) is 60.7 Å². The number of halogens is 3. The summed E-state index contributed by atoms with van der Waals surface area (Å²) >= 11 is 6.31. The molecule has 1 fully saturated rings. The minimum absolute atomic E-state index is 0.0831. The number of likely N-dealkylation sites (tertiary alicyclic amines) is 1. The van der Waals surface area contributed by atoms with Crippen molar-refractivity contribution in [1.29, 1.82) is 0 Å². The van der Waals surface area contributed by atoms with E-state index in [9.17, 15) is 13.6 Å². The summed E-state index contributed by atoms with van der Waals surface area (Å²) in [5.41, 5.74) is 9.25. The molecule has 44 heavy (non-hydrogen) atoms. The van der Waals surface area contributed by atoms with Gasteiger partial charge in [0, 0.05) is 52.3 Å². The second-order valence-electron chi connectivity index (χ2n) is 10.8. The predicted octanol–water partition coefficient (Wildman–Crippen LogP) is 6.26. The average molecular weight is 615 g/mol. The molecule has 0 saturated carbocycles. The zero-order valence-electron chi connectivity index (χ0n) is 23.9. The third-order valence-corrected chi connectivity index (χ3v) is 8.33. The van der Waals surface area contributed by atoms with Crippen molar-refractivity contribution in [1.82, 2.24) is 14.9 Å². The molecule has 0 atom stereocenters. The molecule has 3 aromatic carbocycles. The minimum atomic E-state index is -0.722. The Bertz CT molecular complexity index is 1780. The number of methoxy groups -OCH3 is 1. The quantitative estimate of drug-likeness (QED) is 0.248. The van der Waals surface area contributed by atoms with Crippen molar-refractivity contribution < 1.29 is 18.3 Å². The number of nitrogens with two attached hydrogens (primary N) is 1. The van der Waals surface area contributed by atoms with Crippen molar-refractivity contribution in [3.63, 3.8) is 0 Å². The molecule has 0 spiro atoms. The summed E-state index contributed by atoms with van der Waals surface area (Å²) in [5, 5.41) is 3.58. The van der Waals surface area contributed by atoms with Gasteiger partial charge in [-0.2, -0.15) is 0 Å². The van der Waals surface area contributed by atoms with Gasteiger partial charge in [-0.05, 0) is 61.4 Å². The largest absolute Gasteiger partial charge is 0.500 e. The number of aliphatic imine (C=N–C) groups is 1. The second-order valence-corrected chi connectivity index (χ2v) is 11.2. The summed E-state index contributed by atoms with van der Waals surface area (Å²) in [6.07, 6.45) is 2.77. The molecule has 1 aromatic heterocycles. The fourth-order valence-corrected chi connectivity index (χ4v) is 5.69. The Morgan fingerprint density at radius 3 is 2.45 bits per heavy atom. The van der Waals surface area contributed by atoms with Gasteiger partial charge in [-0.3, -0.25) is 9.79 Å². The molecular weight excluding hydrogens is 586 g/mol. The highest BCUT2D eigenvalue weighted by molar-refractivity contribution is 6.31. The summed E-state index contributed by atoms with van der Waals surface area (Å²) in [4.78, 5) is 28.7. The summed E-state index contributed by atoms with van der Waals surface area (Å²) in [6.45, 7) is 5.02. The Morgan fingerprint density at radius 1 is 1.07 bits per heavy atom. The van der Waals surface area contributed by atoms with Crippen LogP contribution < -0.4 is 11.1 Å². The zero-order valence-corrected chi connectivity index (χ0v) is 24.7. The van der Waals surface area contributed by atoms with Gasteiger partial charge in [0.15, 0.2) is 0 Å². The highest BCUT2D eigenvalue weighted by Gasteiger charge is 2.36. The van der Waals surface area contributed by atoms with E-state index < -0.39 is 17.2 Å². The third-order valence-electron chi connectivity index (χ3n) is 8.10. The Labute approximate surface area is 258 Å². The molecule has 0 unspecified atom stereocenters. The van der Waals surface area contributed by atoms with E-state index in [1.165, 1.54) is 18.2 Å². The predicted molar refractivity (Wildman–Crippen MR) is 166 cm³/mol. The van der Waals surface area contributed by atoms with Gasteiger partial charge in [0.05, 0.1) is 36.2 Å². The van der Waals surface area contributed by atoms with Gasteiger partial charge >= 0.3 is 0 Å². The maximum atomic E-state index is 14.8. The maximum absolute atomic E-state index is 14.8. The van der Waals surface area contributed by atoms with Gasteiger partial charge in [0.2, 0.25) is 5.95 Å². The minimum Gasteiger partial charge on any atom is -0.500 e. The smallest absolute Gasteiger partial charge is 0.253 e. The summed E-state index contributed by atoms with van der Waals surface area (Å²) in [7, 11) is 1.55. The number of aromatic nitrogens is 2. The van der Waals surface area contributed by atoms with Crippen LogP contribution in [0.5, 0.6) is 0 Å². The molecule has 0 aliphatic carbocycles. The first kappa shape index (κ1) is 29.4. The summed E-state index contributed by atoms with van der Waals surface area (Å²) < 4.78 is 34.9. The Balaban J connectivity index is 1.23. The molecule has 1 amide bonds. The number of hydrogen-bond donors (Lipinski definition) is 2. The van der Waals surface area contributed by atoms with Gasteiger partial charge in [-0.15, -0.1) is 0 Å². The monoisotopic (exact) mass is 614 g/mol. The maximum Gasteiger partial charge on any atom is 0.253 e. The normalized spacial score (nSPS) is 15.4. The van der Waals surface area contributed by atoms with Crippen LogP contribution in [0.15, 0.2) is 84.2 Å². The lowest BCUT2D eigenvalue weighted by Crippen LogP contribution is -2.53. The highest BCUT2D eigenvalue weighted by Crippen LogP contribution is 2.35. The molecule has 2 aliphatic heterocycles. The molecule has 8 nitrogen and oxygen atoms in total. The molecule has 6 rings (SSSR count). The fraction of sp³-hybridized carbons (Fsp3) is 0.212. The van der Waals surface area contributed by atoms with E-state index in [1.807, 2.05) is 0 Å². The first-order valence-electron chi connectivity index (χ1n) is 14.0. The second kappa shape index (κ2) is 11.8. The van der Waals surface area contributed by atoms with Crippen molar-refractivity contribution in [2.24, 2.45) is 10.7 Å². The summed E-state index contributed by atoms with van der Waals surface area (Å²) in [6, 6.07) is 15.8. The first-order chi connectivity index (χ1) is 21.2. The van der Waals surface area contributed by atoms with Crippen LogP contribution in [-0.2, 0) is 11.3 Å². The van der Waals surface area contributed by atoms with Crippen molar-refractivity contribution in [2.45, 2.75) is 24.9 Å². The first-order valence-corrected chi connectivity index (χ1v) is 14.4. The van der Waals surface area contributed by atoms with E-state index >= 15 is 0 Å². The Hall–Kier alpha value is -4.67. The van der Waals surface area contributed by atoms with Crippen LogP contribution >= 0.6 is 11.6 Å². The van der Waals surface area contributed by atoms with Gasteiger partial charge in [0.25, 0.3) is 5.91 Å². The van der Waals surface area contributed by atoms with Crippen LogP contribution in [0.4, 0.5) is 20.4 Å². The van der Waals surface area contributed by atoms with Gasteiger partial charge in [-0.25, -0.2) is 18.7 Å². The van der Waals surface area contributed by atoms with E-state index in [-0.39, 0.29) is 23.7 Å². The van der Waals surface area contributed by atoms with Crippen molar-refractivity contribution in [3.8, 4) is 11.3 Å².